The molecule has 4 heteroatoms. The number of benzene rings is 1. The summed E-state index contributed by atoms with van der Waals surface area (Å²) in [5.74, 6) is 6.18. The lowest BCUT2D eigenvalue weighted by molar-refractivity contribution is 0.0954. The SMILES string of the molecule is CC1OCCC1C(Cc1ccccc1Br)NN. The fourth-order valence-electron chi connectivity index (χ4n) is 2.51. The van der Waals surface area contributed by atoms with Gasteiger partial charge in [-0.3, -0.25) is 11.3 Å². The predicted molar refractivity (Wildman–Crippen MR) is 72.5 cm³/mol. The van der Waals surface area contributed by atoms with E-state index < -0.39 is 0 Å². The van der Waals surface area contributed by atoms with Crippen LogP contribution in [0.1, 0.15) is 18.9 Å². The molecule has 0 saturated carbocycles. The van der Waals surface area contributed by atoms with Gasteiger partial charge < -0.3 is 4.74 Å². The fourth-order valence-corrected chi connectivity index (χ4v) is 2.96. The van der Waals surface area contributed by atoms with E-state index in [0.717, 1.165) is 23.9 Å². The number of hydrogen-bond donors (Lipinski definition) is 2. The van der Waals surface area contributed by atoms with Crippen molar-refractivity contribution >= 4 is 15.9 Å². The van der Waals surface area contributed by atoms with Crippen LogP contribution in [0.2, 0.25) is 0 Å². The van der Waals surface area contributed by atoms with Gasteiger partial charge in [0.2, 0.25) is 0 Å². The van der Waals surface area contributed by atoms with Crippen molar-refractivity contribution < 1.29 is 4.74 Å². The van der Waals surface area contributed by atoms with Gasteiger partial charge in [-0.05, 0) is 31.4 Å². The Morgan fingerprint density at radius 3 is 2.88 bits per heavy atom. The first kappa shape index (κ1) is 13.0. The van der Waals surface area contributed by atoms with Gasteiger partial charge in [-0.15, -0.1) is 0 Å². The largest absolute Gasteiger partial charge is 0.378 e. The fraction of sp³-hybridized carbons (Fsp3) is 0.538. The zero-order valence-electron chi connectivity index (χ0n) is 10.0. The van der Waals surface area contributed by atoms with Crippen LogP contribution in [-0.4, -0.2) is 18.8 Å². The quantitative estimate of drug-likeness (QED) is 0.662. The Hall–Kier alpha value is -0.420. The summed E-state index contributed by atoms with van der Waals surface area (Å²) in [6, 6.07) is 8.56. The monoisotopic (exact) mass is 298 g/mol. The Kier molecular flexibility index (Phi) is 4.56. The van der Waals surface area contributed by atoms with E-state index in [1.165, 1.54) is 5.56 Å². The summed E-state index contributed by atoms with van der Waals surface area (Å²) >= 11 is 3.58. The van der Waals surface area contributed by atoms with Gasteiger partial charge in [0.05, 0.1) is 6.10 Å². The summed E-state index contributed by atoms with van der Waals surface area (Å²) in [5, 5.41) is 0. The molecule has 1 fully saturated rings. The number of nitrogens with one attached hydrogen (secondary N) is 1. The van der Waals surface area contributed by atoms with Gasteiger partial charge in [0.25, 0.3) is 0 Å². The number of hydrazine groups is 1. The van der Waals surface area contributed by atoms with E-state index in [0.29, 0.717) is 12.0 Å². The zero-order chi connectivity index (χ0) is 12.3. The molecule has 3 nitrogen and oxygen atoms in total. The standard InChI is InChI=1S/C13H19BrN2O/c1-9-11(6-7-17-9)13(16-15)8-10-4-2-3-5-12(10)14/h2-5,9,11,13,16H,6-8,15H2,1H3. The van der Waals surface area contributed by atoms with Crippen molar-refractivity contribution in [3.63, 3.8) is 0 Å². The molecule has 1 aliphatic heterocycles. The Bertz CT molecular complexity index is 372. The van der Waals surface area contributed by atoms with Crippen molar-refractivity contribution in [1.29, 1.82) is 0 Å². The first-order valence-electron chi connectivity index (χ1n) is 6.03. The van der Waals surface area contributed by atoms with Crippen LogP contribution in [0.5, 0.6) is 0 Å². The van der Waals surface area contributed by atoms with Crippen LogP contribution < -0.4 is 11.3 Å². The maximum Gasteiger partial charge on any atom is 0.0591 e. The lowest BCUT2D eigenvalue weighted by Crippen LogP contribution is -2.44. The lowest BCUT2D eigenvalue weighted by Gasteiger charge is -2.25. The molecule has 0 bridgehead atoms. The highest BCUT2D eigenvalue weighted by Crippen LogP contribution is 2.27. The van der Waals surface area contributed by atoms with Crippen LogP contribution in [0.25, 0.3) is 0 Å². The van der Waals surface area contributed by atoms with E-state index in [4.69, 9.17) is 10.6 Å². The van der Waals surface area contributed by atoms with Crippen molar-refractivity contribution in [3.8, 4) is 0 Å². The molecule has 1 aliphatic rings. The van der Waals surface area contributed by atoms with Gasteiger partial charge in [-0.1, -0.05) is 34.1 Å². The molecule has 3 atom stereocenters. The molecule has 0 amide bonds. The first-order valence-corrected chi connectivity index (χ1v) is 6.83. The number of nitrogens with two attached hydrogens (primary N) is 1. The van der Waals surface area contributed by atoms with Gasteiger partial charge in [0.15, 0.2) is 0 Å². The maximum absolute atomic E-state index is 5.69. The molecule has 0 aromatic heterocycles. The molecule has 1 heterocycles. The summed E-state index contributed by atoms with van der Waals surface area (Å²) in [6.45, 7) is 2.97. The Morgan fingerprint density at radius 2 is 2.29 bits per heavy atom. The van der Waals surface area contributed by atoms with E-state index in [9.17, 15) is 0 Å². The van der Waals surface area contributed by atoms with Gasteiger partial charge >= 0.3 is 0 Å². The number of rotatable bonds is 4. The molecule has 0 radical (unpaired) electrons. The lowest BCUT2D eigenvalue weighted by atomic mass is 9.89. The molecular formula is C13H19BrN2O. The molecule has 3 unspecified atom stereocenters. The minimum atomic E-state index is 0.270. The van der Waals surface area contributed by atoms with Gasteiger partial charge in [-0.2, -0.15) is 0 Å². The molecule has 17 heavy (non-hydrogen) atoms. The molecule has 1 aromatic rings. The number of hydrogen-bond acceptors (Lipinski definition) is 3. The summed E-state index contributed by atoms with van der Waals surface area (Å²) in [5.41, 5.74) is 4.24. The van der Waals surface area contributed by atoms with Gasteiger partial charge in [0, 0.05) is 23.0 Å². The number of halogens is 1. The summed E-state index contributed by atoms with van der Waals surface area (Å²) in [6.07, 6.45) is 2.30. The second-order valence-electron chi connectivity index (χ2n) is 4.60. The van der Waals surface area contributed by atoms with E-state index in [1.54, 1.807) is 0 Å². The van der Waals surface area contributed by atoms with Gasteiger partial charge in [-0.25, -0.2) is 0 Å². The van der Waals surface area contributed by atoms with Crippen molar-refractivity contribution in [2.75, 3.05) is 6.61 Å². The maximum atomic E-state index is 5.69. The molecule has 0 aliphatic carbocycles. The van der Waals surface area contributed by atoms with Crippen LogP contribution in [0.3, 0.4) is 0 Å². The van der Waals surface area contributed by atoms with Crippen LogP contribution >= 0.6 is 15.9 Å². The van der Waals surface area contributed by atoms with Crippen LogP contribution in [0.15, 0.2) is 28.7 Å². The average molecular weight is 299 g/mol. The zero-order valence-corrected chi connectivity index (χ0v) is 11.6. The molecule has 0 spiro atoms. The molecular weight excluding hydrogens is 280 g/mol. The molecule has 3 N–H and O–H groups in total. The summed E-state index contributed by atoms with van der Waals surface area (Å²) < 4.78 is 6.75. The third-order valence-corrected chi connectivity index (χ3v) is 4.34. The third-order valence-electron chi connectivity index (χ3n) is 3.56. The minimum Gasteiger partial charge on any atom is -0.378 e. The van der Waals surface area contributed by atoms with Crippen molar-refractivity contribution in [2.45, 2.75) is 31.9 Å². The highest BCUT2D eigenvalue weighted by atomic mass is 79.9. The second-order valence-corrected chi connectivity index (χ2v) is 5.45. The smallest absolute Gasteiger partial charge is 0.0591 e. The van der Waals surface area contributed by atoms with Crippen LogP contribution in [-0.2, 0) is 11.2 Å². The van der Waals surface area contributed by atoms with Crippen molar-refractivity contribution in [3.05, 3.63) is 34.3 Å². The highest BCUT2D eigenvalue weighted by Gasteiger charge is 2.31. The van der Waals surface area contributed by atoms with E-state index >= 15 is 0 Å². The second kappa shape index (κ2) is 5.96. The topological polar surface area (TPSA) is 47.3 Å². The van der Waals surface area contributed by atoms with Crippen molar-refractivity contribution in [1.82, 2.24) is 5.43 Å². The normalized spacial score (nSPS) is 26.1. The molecule has 2 rings (SSSR count). The Balaban J connectivity index is 2.07. The third kappa shape index (κ3) is 3.07. The van der Waals surface area contributed by atoms with Crippen molar-refractivity contribution in [2.24, 2.45) is 11.8 Å². The summed E-state index contributed by atoms with van der Waals surface area (Å²) in [7, 11) is 0. The van der Waals surface area contributed by atoms with Crippen LogP contribution in [0, 0.1) is 5.92 Å². The minimum absolute atomic E-state index is 0.270. The van der Waals surface area contributed by atoms with E-state index in [2.05, 4.69) is 46.5 Å². The Morgan fingerprint density at radius 1 is 1.53 bits per heavy atom. The van der Waals surface area contributed by atoms with Gasteiger partial charge in [0.1, 0.15) is 0 Å². The molecule has 1 saturated heterocycles. The predicted octanol–water partition coefficient (Wildman–Crippen LogP) is 2.25. The van der Waals surface area contributed by atoms with E-state index in [-0.39, 0.29) is 6.04 Å². The average Bonchev–Trinajstić information content (AvgIpc) is 2.75. The van der Waals surface area contributed by atoms with E-state index in [1.807, 2.05) is 6.07 Å². The molecule has 1 aromatic carbocycles. The van der Waals surface area contributed by atoms with Crippen LogP contribution in [0.4, 0.5) is 0 Å². The summed E-state index contributed by atoms with van der Waals surface area (Å²) in [4.78, 5) is 0. The molecule has 94 valence electrons. The first-order chi connectivity index (χ1) is 8.22. The highest BCUT2D eigenvalue weighted by molar-refractivity contribution is 9.10. The Labute approximate surface area is 111 Å². The number of ether oxygens (including phenoxy) is 1.